The van der Waals surface area contributed by atoms with Crippen LogP contribution in [0.2, 0.25) is 0 Å². The largest absolute Gasteiger partial charge is 0.481 e. The molecule has 0 aromatic heterocycles. The molecule has 0 bridgehead atoms. The van der Waals surface area contributed by atoms with Crippen LogP contribution in [0.3, 0.4) is 0 Å². The smallest absolute Gasteiger partial charge is 0.311 e. The predicted molar refractivity (Wildman–Crippen MR) is 160 cm³/mol. The Balaban J connectivity index is 0.000000440. The fraction of sp³-hybridized carbons (Fsp3) is 0.812. The van der Waals surface area contributed by atoms with Crippen molar-refractivity contribution in [1.82, 2.24) is 5.32 Å². The molecular formula is C32H53NO11. The van der Waals surface area contributed by atoms with Crippen molar-refractivity contribution in [3.63, 3.8) is 0 Å². The first-order chi connectivity index (χ1) is 20.6. The van der Waals surface area contributed by atoms with Gasteiger partial charge in [-0.1, -0.05) is 53.4 Å². The van der Waals surface area contributed by atoms with Gasteiger partial charge >= 0.3 is 29.8 Å². The van der Waals surface area contributed by atoms with Crippen LogP contribution in [0.4, 0.5) is 0 Å². The van der Waals surface area contributed by atoms with Gasteiger partial charge in [-0.15, -0.1) is 0 Å². The molecule has 0 aromatic carbocycles. The van der Waals surface area contributed by atoms with E-state index in [-0.39, 0.29) is 38.2 Å². The van der Waals surface area contributed by atoms with Gasteiger partial charge in [-0.25, -0.2) is 0 Å². The molecular weight excluding hydrogens is 574 g/mol. The molecule has 12 nitrogen and oxygen atoms in total. The van der Waals surface area contributed by atoms with Gasteiger partial charge in [-0.2, -0.15) is 0 Å². The van der Waals surface area contributed by atoms with Crippen molar-refractivity contribution < 1.29 is 53.2 Å². The maximum atomic E-state index is 12.0. The standard InChI is InChI=1S/C16H27NO5.C16H26O6/c1-4-16(2,3)15(21)17-9-10-22-14(20)12-8-6-5-7-11(12)13(18)19;1-4-16(2,3)15(20)22-10-9-21-14(19)12-8-6-5-7-11(12)13(17)18/h11-12H,4-10H2,1-3H3,(H,17,21)(H,18,19);11-12H,4-10H2,1-3H3,(H,17,18). The van der Waals surface area contributed by atoms with Crippen LogP contribution >= 0.6 is 0 Å². The lowest BCUT2D eigenvalue weighted by molar-refractivity contribution is -0.164. The summed E-state index contributed by atoms with van der Waals surface area (Å²) < 4.78 is 15.3. The van der Waals surface area contributed by atoms with Crippen molar-refractivity contribution >= 4 is 35.8 Å². The summed E-state index contributed by atoms with van der Waals surface area (Å²) in [5, 5.41) is 21.0. The van der Waals surface area contributed by atoms with Crippen LogP contribution in [0.5, 0.6) is 0 Å². The third kappa shape index (κ3) is 12.4. The molecule has 0 heterocycles. The van der Waals surface area contributed by atoms with E-state index < -0.39 is 58.4 Å². The summed E-state index contributed by atoms with van der Waals surface area (Å²) in [6.45, 7) is 11.4. The molecule has 252 valence electrons. The molecule has 1 amide bonds. The Hall–Kier alpha value is -3.18. The van der Waals surface area contributed by atoms with Gasteiger partial charge < -0.3 is 29.7 Å². The van der Waals surface area contributed by atoms with Crippen LogP contribution in [0.15, 0.2) is 0 Å². The molecule has 2 saturated carbocycles. The van der Waals surface area contributed by atoms with E-state index in [1.807, 2.05) is 27.7 Å². The SMILES string of the molecule is CCC(C)(C)C(=O)NCCOC(=O)C1CCCCC1C(=O)O.CCC(C)(C)C(=O)OCCOC(=O)C1CCCCC1C(=O)O. The number of hydrogen-bond donors (Lipinski definition) is 3. The molecule has 12 heteroatoms. The second kappa shape index (κ2) is 18.6. The second-order valence-electron chi connectivity index (χ2n) is 12.9. The van der Waals surface area contributed by atoms with Crippen molar-refractivity contribution in [2.75, 3.05) is 26.4 Å². The average molecular weight is 628 g/mol. The third-order valence-corrected chi connectivity index (χ3v) is 8.90. The molecule has 4 unspecified atom stereocenters. The average Bonchev–Trinajstić information content (AvgIpc) is 3.00. The van der Waals surface area contributed by atoms with Gasteiger partial charge in [0.05, 0.1) is 35.6 Å². The van der Waals surface area contributed by atoms with Crippen LogP contribution in [-0.4, -0.2) is 72.3 Å². The van der Waals surface area contributed by atoms with E-state index in [1.165, 1.54) is 0 Å². The highest BCUT2D eigenvalue weighted by Gasteiger charge is 2.38. The minimum Gasteiger partial charge on any atom is -0.481 e. The lowest BCUT2D eigenvalue weighted by Gasteiger charge is -2.26. The van der Waals surface area contributed by atoms with Gasteiger partial charge in [0.2, 0.25) is 5.91 Å². The molecule has 3 N–H and O–H groups in total. The summed E-state index contributed by atoms with van der Waals surface area (Å²) in [5.74, 6) is -5.70. The van der Waals surface area contributed by atoms with E-state index >= 15 is 0 Å². The molecule has 0 aromatic rings. The Kier molecular flexibility index (Phi) is 16.4. The molecule has 0 saturated heterocycles. The van der Waals surface area contributed by atoms with Crippen molar-refractivity contribution in [1.29, 1.82) is 0 Å². The number of hydrogen-bond acceptors (Lipinski definition) is 9. The zero-order valence-electron chi connectivity index (χ0n) is 27.3. The van der Waals surface area contributed by atoms with E-state index in [9.17, 15) is 28.8 Å². The normalized spacial score (nSPS) is 22.0. The number of ether oxygens (including phenoxy) is 3. The fourth-order valence-electron chi connectivity index (χ4n) is 4.96. The van der Waals surface area contributed by atoms with Gasteiger partial charge in [0.15, 0.2) is 0 Å². The molecule has 2 aliphatic carbocycles. The van der Waals surface area contributed by atoms with Gasteiger partial charge in [-0.3, -0.25) is 28.8 Å². The number of aliphatic carboxylic acids is 2. The highest BCUT2D eigenvalue weighted by Crippen LogP contribution is 2.32. The van der Waals surface area contributed by atoms with Gasteiger partial charge in [-0.05, 0) is 52.4 Å². The minimum absolute atomic E-state index is 0.00153. The molecule has 2 aliphatic rings. The Morgan fingerprint density at radius 2 is 1.00 bits per heavy atom. The zero-order chi connectivity index (χ0) is 33.5. The summed E-state index contributed by atoms with van der Waals surface area (Å²) in [7, 11) is 0. The van der Waals surface area contributed by atoms with Crippen molar-refractivity contribution in [2.24, 2.45) is 34.5 Å². The maximum absolute atomic E-state index is 12.0. The summed E-state index contributed by atoms with van der Waals surface area (Å²) in [6.07, 6.45) is 6.87. The topological polar surface area (TPSA) is 183 Å². The number of nitrogens with one attached hydrogen (secondary N) is 1. The molecule has 2 rings (SSSR count). The first-order valence-corrected chi connectivity index (χ1v) is 15.8. The highest BCUT2D eigenvalue weighted by molar-refractivity contribution is 5.83. The van der Waals surface area contributed by atoms with E-state index in [0.29, 0.717) is 32.1 Å². The predicted octanol–water partition coefficient (Wildman–Crippen LogP) is 4.37. The highest BCUT2D eigenvalue weighted by atomic mass is 16.6. The first-order valence-electron chi connectivity index (χ1n) is 15.8. The van der Waals surface area contributed by atoms with Gasteiger partial charge in [0, 0.05) is 5.41 Å². The summed E-state index contributed by atoms with van der Waals surface area (Å²) in [4.78, 5) is 69.9. The fourth-order valence-corrected chi connectivity index (χ4v) is 4.96. The number of carboxylic acid groups (broad SMARTS) is 2. The Morgan fingerprint density at radius 1 is 0.614 bits per heavy atom. The van der Waals surface area contributed by atoms with Crippen LogP contribution in [0.25, 0.3) is 0 Å². The van der Waals surface area contributed by atoms with Crippen LogP contribution < -0.4 is 5.32 Å². The molecule has 2 fully saturated rings. The van der Waals surface area contributed by atoms with Crippen LogP contribution in [0.1, 0.15) is 106 Å². The summed E-state index contributed by atoms with van der Waals surface area (Å²) >= 11 is 0. The van der Waals surface area contributed by atoms with Gasteiger partial charge in [0.25, 0.3) is 0 Å². The van der Waals surface area contributed by atoms with Crippen LogP contribution in [0, 0.1) is 34.5 Å². The van der Waals surface area contributed by atoms with E-state index in [1.54, 1.807) is 13.8 Å². The van der Waals surface area contributed by atoms with E-state index in [2.05, 4.69) is 5.32 Å². The molecule has 0 radical (unpaired) electrons. The summed E-state index contributed by atoms with van der Waals surface area (Å²) in [5.41, 5.74) is -0.996. The first kappa shape index (κ1) is 38.8. The number of rotatable bonds is 14. The van der Waals surface area contributed by atoms with Crippen molar-refractivity contribution in [2.45, 2.75) is 106 Å². The Labute approximate surface area is 260 Å². The number of esters is 3. The maximum Gasteiger partial charge on any atom is 0.311 e. The Morgan fingerprint density at radius 3 is 1.41 bits per heavy atom. The molecule has 0 spiro atoms. The second-order valence-corrected chi connectivity index (χ2v) is 12.9. The molecule has 0 aliphatic heterocycles. The monoisotopic (exact) mass is 627 g/mol. The third-order valence-electron chi connectivity index (χ3n) is 8.90. The number of carbonyl (C=O) groups excluding carboxylic acids is 4. The number of amides is 1. The summed E-state index contributed by atoms with van der Waals surface area (Å²) in [6, 6.07) is 0. The number of carboxylic acids is 2. The van der Waals surface area contributed by atoms with E-state index in [4.69, 9.17) is 24.4 Å². The van der Waals surface area contributed by atoms with Gasteiger partial charge in [0.1, 0.15) is 19.8 Å². The van der Waals surface area contributed by atoms with E-state index in [0.717, 1.165) is 32.1 Å². The lowest BCUT2D eigenvalue weighted by atomic mass is 9.79. The van der Waals surface area contributed by atoms with Crippen molar-refractivity contribution in [3.05, 3.63) is 0 Å². The van der Waals surface area contributed by atoms with Crippen molar-refractivity contribution in [3.8, 4) is 0 Å². The van der Waals surface area contributed by atoms with Crippen LogP contribution in [-0.2, 0) is 43.0 Å². The molecule has 4 atom stereocenters. The quantitative estimate of drug-likeness (QED) is 0.141. The zero-order valence-corrected chi connectivity index (χ0v) is 27.3. The lowest BCUT2D eigenvalue weighted by Crippen LogP contribution is -2.39. The minimum atomic E-state index is -0.947. The Bertz CT molecular complexity index is 913. The number of carbonyl (C=O) groups is 6. The molecule has 44 heavy (non-hydrogen) atoms.